The minimum Gasteiger partial charge on any atom is -0.456 e. The summed E-state index contributed by atoms with van der Waals surface area (Å²) in [6, 6.07) is 60.2. The lowest BCUT2D eigenvalue weighted by molar-refractivity contribution is 0.669. The summed E-state index contributed by atoms with van der Waals surface area (Å²) >= 11 is 1.76. The molecule has 0 amide bonds. The molecule has 0 N–H and O–H groups in total. The Kier molecular flexibility index (Phi) is 6.42. The molecule has 0 unspecified atom stereocenters. The van der Waals surface area contributed by atoms with Gasteiger partial charge in [0, 0.05) is 32.0 Å². The molecule has 0 spiro atoms. The number of hydrogen-bond acceptors (Lipinski definition) is 4. The van der Waals surface area contributed by atoms with E-state index in [9.17, 15) is 0 Å². The molecule has 0 bridgehead atoms. The summed E-state index contributed by atoms with van der Waals surface area (Å²) in [5.74, 6) is 0.689. The number of furan rings is 1. The van der Waals surface area contributed by atoms with Crippen molar-refractivity contribution in [3.63, 3.8) is 0 Å². The topological polar surface area (TPSA) is 38.9 Å². The van der Waals surface area contributed by atoms with Crippen LogP contribution >= 0.6 is 11.3 Å². The summed E-state index contributed by atoms with van der Waals surface area (Å²) in [5, 5.41) is 8.03. The first-order valence-electron chi connectivity index (χ1n) is 17.5. The fraction of sp³-hybridized carbons (Fsp3) is 0. The number of aromatic nitrogens is 2. The summed E-state index contributed by atoms with van der Waals surface area (Å²) in [4.78, 5) is 10.8. The van der Waals surface area contributed by atoms with Crippen LogP contribution in [0, 0.1) is 0 Å². The predicted molar refractivity (Wildman–Crippen MR) is 219 cm³/mol. The Balaban J connectivity index is 1.14. The summed E-state index contributed by atoms with van der Waals surface area (Å²) in [6.07, 6.45) is 0. The van der Waals surface area contributed by atoms with Crippen molar-refractivity contribution in [3.05, 3.63) is 170 Å². The fourth-order valence-corrected chi connectivity index (χ4v) is 8.98. The number of nitrogens with zero attached hydrogens (tertiary/aromatic N) is 2. The van der Waals surface area contributed by atoms with Gasteiger partial charge >= 0.3 is 0 Å². The normalized spacial score (nSPS) is 11.8. The number of hydrogen-bond donors (Lipinski definition) is 0. The molecule has 0 aliphatic carbocycles. The zero-order valence-electron chi connectivity index (χ0n) is 27.9. The molecule has 0 atom stereocenters. The molecule has 0 radical (unpaired) electrons. The van der Waals surface area contributed by atoms with Gasteiger partial charge in [0.15, 0.2) is 5.82 Å². The summed E-state index contributed by atoms with van der Waals surface area (Å²) < 4.78 is 8.87. The van der Waals surface area contributed by atoms with Crippen LogP contribution in [-0.2, 0) is 0 Å². The molecule has 3 aromatic heterocycles. The second-order valence-corrected chi connectivity index (χ2v) is 14.3. The Labute approximate surface area is 303 Å². The first-order valence-corrected chi connectivity index (χ1v) is 18.3. The van der Waals surface area contributed by atoms with Gasteiger partial charge in [-0.3, -0.25) is 0 Å². The second-order valence-electron chi connectivity index (χ2n) is 13.3. The molecule has 3 heterocycles. The first kappa shape index (κ1) is 29.1. The van der Waals surface area contributed by atoms with Crippen LogP contribution in [0.4, 0.5) is 0 Å². The van der Waals surface area contributed by atoms with Crippen LogP contribution in [0.5, 0.6) is 0 Å². The first-order chi connectivity index (χ1) is 25.8. The number of benzene rings is 8. The van der Waals surface area contributed by atoms with Gasteiger partial charge in [-0.1, -0.05) is 140 Å². The lowest BCUT2D eigenvalue weighted by atomic mass is 9.93. The molecular weight excluding hydrogens is 653 g/mol. The van der Waals surface area contributed by atoms with Crippen molar-refractivity contribution in [2.75, 3.05) is 0 Å². The Bertz CT molecular complexity index is 3190. The van der Waals surface area contributed by atoms with Crippen molar-refractivity contribution < 1.29 is 4.42 Å². The van der Waals surface area contributed by atoms with Gasteiger partial charge in [0.2, 0.25) is 0 Å². The Morgan fingerprint density at radius 3 is 2.02 bits per heavy atom. The van der Waals surface area contributed by atoms with Crippen molar-refractivity contribution in [1.29, 1.82) is 0 Å². The Hall–Kier alpha value is -6.62. The van der Waals surface area contributed by atoms with E-state index in [0.29, 0.717) is 5.82 Å². The van der Waals surface area contributed by atoms with Crippen molar-refractivity contribution in [1.82, 2.24) is 9.97 Å². The van der Waals surface area contributed by atoms with Crippen LogP contribution < -0.4 is 0 Å². The van der Waals surface area contributed by atoms with Gasteiger partial charge < -0.3 is 4.42 Å². The van der Waals surface area contributed by atoms with E-state index in [4.69, 9.17) is 14.4 Å². The van der Waals surface area contributed by atoms with E-state index >= 15 is 0 Å². The maximum atomic E-state index is 6.58. The average Bonchev–Trinajstić information content (AvgIpc) is 3.78. The quantitative estimate of drug-likeness (QED) is 0.186. The molecular formula is C48H28N2OS. The van der Waals surface area contributed by atoms with Crippen molar-refractivity contribution >= 4 is 75.1 Å². The van der Waals surface area contributed by atoms with Gasteiger partial charge in [0.25, 0.3) is 0 Å². The van der Waals surface area contributed by atoms with E-state index in [1.165, 1.54) is 37.4 Å². The van der Waals surface area contributed by atoms with E-state index < -0.39 is 0 Å². The molecule has 4 heteroatoms. The van der Waals surface area contributed by atoms with Crippen LogP contribution in [0.1, 0.15) is 0 Å². The summed E-state index contributed by atoms with van der Waals surface area (Å²) in [7, 11) is 0. The molecule has 242 valence electrons. The lowest BCUT2D eigenvalue weighted by Gasteiger charge is -2.13. The van der Waals surface area contributed by atoms with Crippen LogP contribution in [0.15, 0.2) is 174 Å². The standard InChI is InChI=1S/C48H28N2OS/c1-2-12-30(13-3-1)34-25-26-37(36-16-7-6-15-35(34)36)45-47-46(39-17-8-9-20-43(39)52-47)50-48(49-45)40-18-10-19-41-44(40)38-24-23-33(28-42(38)51-41)32-22-21-29-11-4-5-14-31(29)27-32/h1-28H. The van der Waals surface area contributed by atoms with E-state index in [2.05, 4.69) is 158 Å². The highest BCUT2D eigenvalue weighted by Gasteiger charge is 2.21. The van der Waals surface area contributed by atoms with E-state index in [0.717, 1.165) is 65.5 Å². The third kappa shape index (κ3) is 4.51. The van der Waals surface area contributed by atoms with Crippen LogP contribution in [0.25, 0.3) is 109 Å². The molecule has 11 rings (SSSR count). The van der Waals surface area contributed by atoms with E-state index in [-0.39, 0.29) is 0 Å². The van der Waals surface area contributed by atoms with E-state index in [1.54, 1.807) is 11.3 Å². The van der Waals surface area contributed by atoms with Crippen molar-refractivity contribution in [2.45, 2.75) is 0 Å². The van der Waals surface area contributed by atoms with Crippen molar-refractivity contribution in [2.24, 2.45) is 0 Å². The Morgan fingerprint density at radius 2 is 1.13 bits per heavy atom. The maximum Gasteiger partial charge on any atom is 0.161 e. The molecule has 11 aromatic rings. The molecule has 0 saturated heterocycles. The third-order valence-corrected chi connectivity index (χ3v) is 11.5. The van der Waals surface area contributed by atoms with Gasteiger partial charge in [-0.15, -0.1) is 11.3 Å². The minimum atomic E-state index is 0.689. The highest BCUT2D eigenvalue weighted by atomic mass is 32.1. The van der Waals surface area contributed by atoms with Gasteiger partial charge in [-0.25, -0.2) is 9.97 Å². The van der Waals surface area contributed by atoms with Gasteiger partial charge in [-0.05, 0) is 74.1 Å². The third-order valence-electron chi connectivity index (χ3n) is 10.3. The molecule has 0 aliphatic heterocycles. The highest BCUT2D eigenvalue weighted by molar-refractivity contribution is 7.26. The molecule has 0 saturated carbocycles. The second kappa shape index (κ2) is 11.5. The number of thiophene rings is 1. The van der Waals surface area contributed by atoms with Gasteiger partial charge in [0.1, 0.15) is 11.2 Å². The highest BCUT2D eigenvalue weighted by Crippen LogP contribution is 2.44. The van der Waals surface area contributed by atoms with Crippen LogP contribution in [0.3, 0.4) is 0 Å². The fourth-order valence-electron chi connectivity index (χ4n) is 7.83. The SMILES string of the molecule is c1ccc(-c2ccc(-c3nc(-c4cccc5oc6cc(-c7ccc8ccccc8c7)ccc6c45)nc4c3sc3ccccc34)c3ccccc23)cc1. The Morgan fingerprint density at radius 1 is 0.423 bits per heavy atom. The zero-order chi connectivity index (χ0) is 34.2. The number of rotatable bonds is 4. The van der Waals surface area contributed by atoms with Gasteiger partial charge in [0.05, 0.1) is 15.9 Å². The van der Waals surface area contributed by atoms with Crippen LogP contribution in [0.2, 0.25) is 0 Å². The predicted octanol–water partition coefficient (Wildman–Crippen LogP) is 13.7. The molecule has 52 heavy (non-hydrogen) atoms. The molecule has 8 aromatic carbocycles. The molecule has 3 nitrogen and oxygen atoms in total. The maximum absolute atomic E-state index is 6.58. The summed E-state index contributed by atoms with van der Waals surface area (Å²) in [6.45, 7) is 0. The van der Waals surface area contributed by atoms with Gasteiger partial charge in [-0.2, -0.15) is 0 Å². The number of fused-ring (bicyclic) bond motifs is 8. The average molecular weight is 681 g/mol. The largest absolute Gasteiger partial charge is 0.456 e. The smallest absolute Gasteiger partial charge is 0.161 e. The minimum absolute atomic E-state index is 0.689. The lowest BCUT2D eigenvalue weighted by Crippen LogP contribution is -1.95. The molecule has 0 fully saturated rings. The zero-order valence-corrected chi connectivity index (χ0v) is 28.7. The monoisotopic (exact) mass is 680 g/mol. The van der Waals surface area contributed by atoms with Crippen molar-refractivity contribution in [3.8, 4) is 44.9 Å². The van der Waals surface area contributed by atoms with E-state index in [1.807, 2.05) is 12.1 Å². The molecule has 0 aliphatic rings. The van der Waals surface area contributed by atoms with Crippen LogP contribution in [-0.4, -0.2) is 9.97 Å². The summed E-state index contributed by atoms with van der Waals surface area (Å²) in [5.41, 5.74) is 10.3.